The number of rotatable bonds is 4. The standard InChI is InChI=1S/C19H20N4O2S2/c1-11(26-14-5-3-13(21)4-6-14)18(25)22-19-16(9-20)15-7-8-23(12(2)24)10-17(15)27-19/h3-6,11H,7-8,10,21H2,1-2H3,(H,22,25). The number of carbonyl (C=O) groups is 2. The second-order valence-electron chi connectivity index (χ2n) is 6.33. The third-order valence-corrected chi connectivity index (χ3v) is 6.66. The number of fused-ring (bicyclic) bond motifs is 1. The zero-order valence-electron chi connectivity index (χ0n) is 15.1. The first-order valence-electron chi connectivity index (χ1n) is 8.52. The van der Waals surface area contributed by atoms with Crippen molar-refractivity contribution in [1.82, 2.24) is 4.90 Å². The Bertz CT molecular complexity index is 915. The lowest BCUT2D eigenvalue weighted by atomic mass is 10.0. The Morgan fingerprint density at radius 3 is 2.70 bits per heavy atom. The van der Waals surface area contributed by atoms with Crippen molar-refractivity contribution in [3.8, 4) is 6.07 Å². The fourth-order valence-corrected chi connectivity index (χ4v) is 4.98. The highest BCUT2D eigenvalue weighted by atomic mass is 32.2. The number of nitriles is 1. The Kier molecular flexibility index (Phi) is 5.73. The summed E-state index contributed by atoms with van der Waals surface area (Å²) in [7, 11) is 0. The number of thiophene rings is 1. The first-order valence-corrected chi connectivity index (χ1v) is 10.2. The number of nitrogens with two attached hydrogens (primary N) is 1. The van der Waals surface area contributed by atoms with E-state index in [1.807, 2.05) is 19.1 Å². The number of nitrogen functional groups attached to an aromatic ring is 1. The highest BCUT2D eigenvalue weighted by molar-refractivity contribution is 8.00. The molecule has 2 heterocycles. The molecule has 0 saturated heterocycles. The number of carbonyl (C=O) groups excluding carboxylic acids is 2. The Labute approximate surface area is 166 Å². The van der Waals surface area contributed by atoms with Crippen molar-refractivity contribution in [2.45, 2.75) is 37.0 Å². The molecule has 1 unspecified atom stereocenters. The number of hydrogen-bond acceptors (Lipinski definition) is 6. The van der Waals surface area contributed by atoms with Crippen LogP contribution in [0, 0.1) is 11.3 Å². The summed E-state index contributed by atoms with van der Waals surface area (Å²) in [5.74, 6) is -0.137. The van der Waals surface area contributed by atoms with Crippen LogP contribution in [0.15, 0.2) is 29.2 Å². The van der Waals surface area contributed by atoms with Crippen LogP contribution in [0.1, 0.15) is 29.9 Å². The largest absolute Gasteiger partial charge is 0.399 e. The van der Waals surface area contributed by atoms with E-state index in [0.29, 0.717) is 35.8 Å². The molecule has 6 nitrogen and oxygen atoms in total. The third-order valence-electron chi connectivity index (χ3n) is 4.41. The fraction of sp³-hybridized carbons (Fsp3) is 0.316. The summed E-state index contributed by atoms with van der Waals surface area (Å²) in [5.41, 5.74) is 7.84. The summed E-state index contributed by atoms with van der Waals surface area (Å²) in [6, 6.07) is 9.58. The van der Waals surface area contributed by atoms with E-state index < -0.39 is 0 Å². The molecule has 2 aromatic rings. The molecule has 3 N–H and O–H groups in total. The van der Waals surface area contributed by atoms with Crippen LogP contribution >= 0.6 is 23.1 Å². The van der Waals surface area contributed by atoms with Gasteiger partial charge in [-0.1, -0.05) is 0 Å². The molecule has 3 rings (SSSR count). The highest BCUT2D eigenvalue weighted by Gasteiger charge is 2.27. The molecule has 2 amide bonds. The zero-order chi connectivity index (χ0) is 19.6. The predicted molar refractivity (Wildman–Crippen MR) is 109 cm³/mol. The lowest BCUT2D eigenvalue weighted by molar-refractivity contribution is -0.129. The van der Waals surface area contributed by atoms with E-state index in [9.17, 15) is 14.9 Å². The molecule has 1 atom stereocenters. The van der Waals surface area contributed by atoms with E-state index in [1.165, 1.54) is 23.1 Å². The number of thioether (sulfide) groups is 1. The maximum atomic E-state index is 12.6. The molecule has 0 aliphatic carbocycles. The SMILES string of the molecule is CC(=O)N1CCc2c(sc(NC(=O)C(C)Sc3ccc(N)cc3)c2C#N)C1. The van der Waals surface area contributed by atoms with Crippen LogP contribution in [0.3, 0.4) is 0 Å². The van der Waals surface area contributed by atoms with Crippen molar-refractivity contribution in [3.63, 3.8) is 0 Å². The van der Waals surface area contributed by atoms with E-state index >= 15 is 0 Å². The molecule has 0 fully saturated rings. The van der Waals surface area contributed by atoms with Gasteiger partial charge in [0.25, 0.3) is 0 Å². The van der Waals surface area contributed by atoms with Crippen molar-refractivity contribution in [3.05, 3.63) is 40.3 Å². The Balaban J connectivity index is 1.73. The Hall–Kier alpha value is -2.50. The van der Waals surface area contributed by atoms with Crippen LogP contribution in [-0.4, -0.2) is 28.5 Å². The topological polar surface area (TPSA) is 99.2 Å². The van der Waals surface area contributed by atoms with Crippen LogP contribution in [0.25, 0.3) is 0 Å². The van der Waals surface area contributed by atoms with Gasteiger partial charge in [-0.15, -0.1) is 23.1 Å². The number of nitrogens with zero attached hydrogens (tertiary/aromatic N) is 2. The summed E-state index contributed by atoms with van der Waals surface area (Å²) >= 11 is 2.82. The quantitative estimate of drug-likeness (QED) is 0.606. The second-order valence-corrected chi connectivity index (χ2v) is 8.85. The van der Waals surface area contributed by atoms with Crippen molar-refractivity contribution in [2.24, 2.45) is 0 Å². The van der Waals surface area contributed by atoms with Crippen molar-refractivity contribution < 1.29 is 9.59 Å². The molecule has 27 heavy (non-hydrogen) atoms. The average molecular weight is 401 g/mol. The van der Waals surface area contributed by atoms with Gasteiger partial charge in [-0.05, 0) is 43.2 Å². The fourth-order valence-electron chi connectivity index (χ4n) is 2.90. The first kappa shape index (κ1) is 19.3. The normalized spacial score (nSPS) is 14.2. The van der Waals surface area contributed by atoms with Crippen molar-refractivity contribution >= 4 is 45.6 Å². The summed E-state index contributed by atoms with van der Waals surface area (Å²) in [6.45, 7) is 4.47. The van der Waals surface area contributed by atoms with E-state index in [4.69, 9.17) is 5.73 Å². The molecule has 1 aromatic carbocycles. The second kappa shape index (κ2) is 8.03. The molecule has 1 aliphatic rings. The number of nitrogens with one attached hydrogen (secondary N) is 1. The maximum absolute atomic E-state index is 12.6. The number of benzene rings is 1. The van der Waals surface area contributed by atoms with Gasteiger partial charge in [0.15, 0.2) is 0 Å². The van der Waals surface area contributed by atoms with Gasteiger partial charge in [-0.25, -0.2) is 0 Å². The van der Waals surface area contributed by atoms with Gasteiger partial charge in [-0.2, -0.15) is 5.26 Å². The van der Waals surface area contributed by atoms with Crippen LogP contribution < -0.4 is 11.1 Å². The Morgan fingerprint density at radius 2 is 2.07 bits per heavy atom. The summed E-state index contributed by atoms with van der Waals surface area (Å²) in [6.07, 6.45) is 0.639. The smallest absolute Gasteiger partial charge is 0.238 e. The van der Waals surface area contributed by atoms with Gasteiger partial charge in [0.1, 0.15) is 11.1 Å². The molecular formula is C19H20N4O2S2. The molecule has 140 valence electrons. The molecule has 0 saturated carbocycles. The molecule has 8 heteroatoms. The zero-order valence-corrected chi connectivity index (χ0v) is 16.7. The molecule has 0 spiro atoms. The molecule has 1 aliphatic heterocycles. The van der Waals surface area contributed by atoms with Gasteiger partial charge < -0.3 is 16.0 Å². The summed E-state index contributed by atoms with van der Waals surface area (Å²) in [5, 5.41) is 12.7. The van der Waals surface area contributed by atoms with E-state index in [-0.39, 0.29) is 17.1 Å². The van der Waals surface area contributed by atoms with Gasteiger partial charge in [-0.3, -0.25) is 9.59 Å². The Morgan fingerprint density at radius 1 is 1.37 bits per heavy atom. The lowest BCUT2D eigenvalue weighted by Gasteiger charge is -2.25. The predicted octanol–water partition coefficient (Wildman–Crippen LogP) is 3.23. The summed E-state index contributed by atoms with van der Waals surface area (Å²) in [4.78, 5) is 27.9. The molecule has 0 radical (unpaired) electrons. The van der Waals surface area contributed by atoms with Crippen LogP contribution in [-0.2, 0) is 22.6 Å². The van der Waals surface area contributed by atoms with E-state index in [1.54, 1.807) is 24.0 Å². The van der Waals surface area contributed by atoms with Crippen LogP contribution in [0.5, 0.6) is 0 Å². The van der Waals surface area contributed by atoms with Gasteiger partial charge in [0, 0.05) is 28.9 Å². The first-order chi connectivity index (χ1) is 12.9. The van der Waals surface area contributed by atoms with Gasteiger partial charge in [0.05, 0.1) is 17.4 Å². The lowest BCUT2D eigenvalue weighted by Crippen LogP contribution is -2.33. The van der Waals surface area contributed by atoms with E-state index in [2.05, 4.69) is 11.4 Å². The number of amides is 2. The molecule has 0 bridgehead atoms. The van der Waals surface area contributed by atoms with E-state index in [0.717, 1.165) is 15.3 Å². The minimum atomic E-state index is -0.326. The minimum Gasteiger partial charge on any atom is -0.399 e. The average Bonchev–Trinajstić information content (AvgIpc) is 2.99. The van der Waals surface area contributed by atoms with Crippen LogP contribution in [0.2, 0.25) is 0 Å². The third kappa shape index (κ3) is 4.26. The molecule has 1 aromatic heterocycles. The van der Waals surface area contributed by atoms with Crippen molar-refractivity contribution in [2.75, 3.05) is 17.6 Å². The monoisotopic (exact) mass is 400 g/mol. The van der Waals surface area contributed by atoms with Crippen LogP contribution in [0.4, 0.5) is 10.7 Å². The van der Waals surface area contributed by atoms with Crippen molar-refractivity contribution in [1.29, 1.82) is 5.26 Å². The number of anilines is 2. The molecular weight excluding hydrogens is 380 g/mol. The maximum Gasteiger partial charge on any atom is 0.238 e. The van der Waals surface area contributed by atoms with Gasteiger partial charge >= 0.3 is 0 Å². The van der Waals surface area contributed by atoms with Gasteiger partial charge in [0.2, 0.25) is 11.8 Å². The minimum absolute atomic E-state index is 0.0201. The number of hydrogen-bond donors (Lipinski definition) is 2. The summed E-state index contributed by atoms with van der Waals surface area (Å²) < 4.78 is 0. The highest BCUT2D eigenvalue weighted by Crippen LogP contribution is 2.37.